The van der Waals surface area contributed by atoms with E-state index in [9.17, 15) is 4.79 Å². The molecule has 10 heavy (non-hydrogen) atoms. The third kappa shape index (κ3) is 5.09. The van der Waals surface area contributed by atoms with Gasteiger partial charge in [0.2, 0.25) is 0 Å². The zero-order chi connectivity index (χ0) is 7.82. The van der Waals surface area contributed by atoms with Gasteiger partial charge in [0.1, 0.15) is 0 Å². The van der Waals surface area contributed by atoms with E-state index in [0.717, 1.165) is 6.42 Å². The van der Waals surface area contributed by atoms with Gasteiger partial charge < -0.3 is 4.74 Å². The third-order valence-corrected chi connectivity index (χ3v) is 0.817. The van der Waals surface area contributed by atoms with Crippen molar-refractivity contribution in [1.82, 2.24) is 0 Å². The predicted octanol–water partition coefficient (Wildman–Crippen LogP) is 1.68. The highest BCUT2D eigenvalue weighted by atomic mass is 16.5. The molecule has 56 valence electrons. The fourth-order valence-electron chi connectivity index (χ4n) is 0.397. The van der Waals surface area contributed by atoms with E-state index in [1.165, 1.54) is 12.2 Å². The zero-order valence-corrected chi connectivity index (χ0v) is 6.17. The van der Waals surface area contributed by atoms with Crippen LogP contribution < -0.4 is 0 Å². The lowest BCUT2D eigenvalue weighted by Crippen LogP contribution is -2.00. The van der Waals surface area contributed by atoms with E-state index in [1.54, 1.807) is 6.08 Å². The van der Waals surface area contributed by atoms with Gasteiger partial charge in [-0.2, -0.15) is 0 Å². The molecule has 0 radical (unpaired) electrons. The summed E-state index contributed by atoms with van der Waals surface area (Å²) in [6.45, 7) is 5.85. The fourth-order valence-corrected chi connectivity index (χ4v) is 0.397. The van der Waals surface area contributed by atoms with E-state index in [1.807, 2.05) is 6.92 Å². The number of esters is 1. The van der Waals surface area contributed by atoms with Crippen molar-refractivity contribution in [1.29, 1.82) is 0 Å². The molecule has 0 saturated heterocycles. The Morgan fingerprint density at radius 3 is 2.90 bits per heavy atom. The molecule has 0 aliphatic rings. The van der Waals surface area contributed by atoms with Crippen LogP contribution in [0.15, 0.2) is 24.8 Å². The maximum Gasteiger partial charge on any atom is 0.330 e. The first kappa shape index (κ1) is 8.95. The van der Waals surface area contributed by atoms with Gasteiger partial charge in [-0.3, -0.25) is 0 Å². The predicted molar refractivity (Wildman–Crippen MR) is 40.6 cm³/mol. The van der Waals surface area contributed by atoms with Crippen LogP contribution in [0.1, 0.15) is 13.3 Å². The average Bonchev–Trinajstić information content (AvgIpc) is 1.97. The molecule has 0 aromatic carbocycles. The molecule has 2 heteroatoms. The van der Waals surface area contributed by atoms with E-state index < -0.39 is 0 Å². The van der Waals surface area contributed by atoms with Gasteiger partial charge in [-0.1, -0.05) is 25.7 Å². The largest absolute Gasteiger partial charge is 0.463 e. The molecule has 0 amide bonds. The van der Waals surface area contributed by atoms with Gasteiger partial charge in [0, 0.05) is 6.08 Å². The van der Waals surface area contributed by atoms with Gasteiger partial charge >= 0.3 is 5.97 Å². The molecule has 0 aromatic heterocycles. The smallest absolute Gasteiger partial charge is 0.330 e. The molecular formula is C8H12O2. The molecular weight excluding hydrogens is 128 g/mol. The Kier molecular flexibility index (Phi) is 5.44. The summed E-state index contributed by atoms with van der Waals surface area (Å²) in [5.74, 6) is -0.304. The molecule has 0 aromatic rings. The Morgan fingerprint density at radius 2 is 2.40 bits per heavy atom. The number of hydrogen-bond donors (Lipinski definition) is 0. The first-order chi connectivity index (χ1) is 4.81. The number of rotatable bonds is 4. The summed E-state index contributed by atoms with van der Waals surface area (Å²) in [6, 6.07) is 0. The van der Waals surface area contributed by atoms with E-state index in [2.05, 4.69) is 6.58 Å². The summed E-state index contributed by atoms with van der Waals surface area (Å²) < 4.78 is 4.72. The maximum atomic E-state index is 10.6. The Labute approximate surface area is 61.2 Å². The molecule has 0 unspecified atom stereocenters. The van der Waals surface area contributed by atoms with Crippen molar-refractivity contribution in [3.8, 4) is 0 Å². The third-order valence-electron chi connectivity index (χ3n) is 0.817. The second-order valence-electron chi connectivity index (χ2n) is 1.76. The fraction of sp³-hybridized carbons (Fsp3) is 0.375. The van der Waals surface area contributed by atoms with E-state index >= 15 is 0 Å². The highest BCUT2D eigenvalue weighted by Crippen LogP contribution is 1.84. The average molecular weight is 140 g/mol. The van der Waals surface area contributed by atoms with Crippen LogP contribution in [0.25, 0.3) is 0 Å². The molecule has 0 rings (SSSR count). The van der Waals surface area contributed by atoms with Crippen LogP contribution in [0, 0.1) is 0 Å². The molecule has 0 aliphatic carbocycles. The van der Waals surface area contributed by atoms with Crippen LogP contribution in [-0.4, -0.2) is 12.6 Å². The van der Waals surface area contributed by atoms with Crippen LogP contribution >= 0.6 is 0 Å². The molecule has 2 nitrogen and oxygen atoms in total. The maximum absolute atomic E-state index is 10.6. The van der Waals surface area contributed by atoms with Crippen LogP contribution in [0.5, 0.6) is 0 Å². The Bertz CT molecular complexity index is 136. The molecule has 0 spiro atoms. The number of ether oxygens (including phenoxy) is 1. The summed E-state index contributed by atoms with van der Waals surface area (Å²) in [6.07, 6.45) is 5.29. The number of allylic oxidation sites excluding steroid dienone is 2. The summed E-state index contributed by atoms with van der Waals surface area (Å²) >= 11 is 0. The Morgan fingerprint density at radius 1 is 1.70 bits per heavy atom. The first-order valence-corrected chi connectivity index (χ1v) is 3.27. The summed E-state index contributed by atoms with van der Waals surface area (Å²) in [7, 11) is 0. The molecule has 0 N–H and O–H groups in total. The van der Waals surface area contributed by atoms with Crippen molar-refractivity contribution in [2.75, 3.05) is 6.61 Å². The van der Waals surface area contributed by atoms with Gasteiger partial charge in [-0.15, -0.1) is 0 Å². The normalized spacial score (nSPS) is 9.70. The minimum Gasteiger partial charge on any atom is -0.463 e. The molecule has 0 bridgehead atoms. The van der Waals surface area contributed by atoms with E-state index in [0.29, 0.717) is 6.61 Å². The summed E-state index contributed by atoms with van der Waals surface area (Å²) in [4.78, 5) is 10.6. The lowest BCUT2D eigenvalue weighted by Gasteiger charge is -1.95. The highest BCUT2D eigenvalue weighted by molar-refractivity contribution is 5.82. The van der Waals surface area contributed by atoms with Gasteiger partial charge in [0.25, 0.3) is 0 Å². The van der Waals surface area contributed by atoms with Crippen molar-refractivity contribution in [3.05, 3.63) is 24.8 Å². The number of carbonyl (C=O) groups excluding carboxylic acids is 1. The summed E-state index contributed by atoms with van der Waals surface area (Å²) in [5.41, 5.74) is 0. The van der Waals surface area contributed by atoms with Gasteiger partial charge in [0.05, 0.1) is 6.61 Å². The number of hydrogen-bond acceptors (Lipinski definition) is 2. The Hall–Kier alpha value is -1.05. The minimum atomic E-state index is -0.304. The highest BCUT2D eigenvalue weighted by Gasteiger charge is 1.91. The van der Waals surface area contributed by atoms with Crippen molar-refractivity contribution < 1.29 is 9.53 Å². The zero-order valence-electron chi connectivity index (χ0n) is 6.17. The lowest BCUT2D eigenvalue weighted by atomic mass is 10.5. The topological polar surface area (TPSA) is 26.3 Å². The monoisotopic (exact) mass is 140 g/mol. The minimum absolute atomic E-state index is 0.304. The molecule has 0 aliphatic heterocycles. The number of carbonyl (C=O) groups is 1. The van der Waals surface area contributed by atoms with Crippen molar-refractivity contribution >= 4 is 5.97 Å². The van der Waals surface area contributed by atoms with Crippen LogP contribution in [-0.2, 0) is 9.53 Å². The van der Waals surface area contributed by atoms with Gasteiger partial charge in [0.15, 0.2) is 0 Å². The molecule has 0 heterocycles. The standard InChI is InChI=1S/C8H12O2/c1-3-5-6-8(9)10-7-4-2/h3,5-6H,1,4,7H2,2H3/b6-5+. The first-order valence-electron chi connectivity index (χ1n) is 3.27. The molecule has 0 fully saturated rings. The summed E-state index contributed by atoms with van der Waals surface area (Å²) in [5, 5.41) is 0. The second kappa shape index (κ2) is 6.08. The quantitative estimate of drug-likeness (QED) is 0.337. The molecule has 0 atom stereocenters. The van der Waals surface area contributed by atoms with E-state index in [4.69, 9.17) is 4.74 Å². The van der Waals surface area contributed by atoms with Crippen LogP contribution in [0.3, 0.4) is 0 Å². The second-order valence-corrected chi connectivity index (χ2v) is 1.76. The van der Waals surface area contributed by atoms with E-state index in [-0.39, 0.29) is 5.97 Å². The van der Waals surface area contributed by atoms with Gasteiger partial charge in [-0.05, 0) is 6.42 Å². The van der Waals surface area contributed by atoms with Crippen molar-refractivity contribution in [3.63, 3.8) is 0 Å². The van der Waals surface area contributed by atoms with Crippen LogP contribution in [0.4, 0.5) is 0 Å². The van der Waals surface area contributed by atoms with Crippen LogP contribution in [0.2, 0.25) is 0 Å². The SMILES string of the molecule is C=C/C=C/C(=O)OCCC. The molecule has 0 saturated carbocycles. The van der Waals surface area contributed by atoms with Gasteiger partial charge in [-0.25, -0.2) is 4.79 Å². The van der Waals surface area contributed by atoms with Crippen molar-refractivity contribution in [2.24, 2.45) is 0 Å². The lowest BCUT2D eigenvalue weighted by molar-refractivity contribution is -0.137. The van der Waals surface area contributed by atoms with Crippen molar-refractivity contribution in [2.45, 2.75) is 13.3 Å². The Balaban J connectivity index is 3.43.